The van der Waals surface area contributed by atoms with Crippen LogP contribution in [0.2, 0.25) is 0 Å². The van der Waals surface area contributed by atoms with Gasteiger partial charge in [-0.3, -0.25) is 14.1 Å². The molecular weight excluding hydrogens is 492 g/mol. The van der Waals surface area contributed by atoms with Gasteiger partial charge in [-0.25, -0.2) is 4.98 Å². The minimum absolute atomic E-state index is 0.0683. The molecule has 2 aromatic carbocycles. The van der Waals surface area contributed by atoms with Crippen molar-refractivity contribution in [2.75, 3.05) is 51.3 Å². The second-order valence-corrected chi connectivity index (χ2v) is 9.73. The molecule has 1 amide bonds. The number of amides is 1. The Bertz CT molecular complexity index is 1600. The van der Waals surface area contributed by atoms with E-state index in [1.54, 1.807) is 12.4 Å². The zero-order valence-corrected chi connectivity index (χ0v) is 21.9. The summed E-state index contributed by atoms with van der Waals surface area (Å²) in [6, 6.07) is 17.7. The SMILES string of the molecule is CCOCCN1CCN(C(=O)c2ccc(Nc3ccc(-c4ccc5c(O)[nH]cc5c4)n4ccnc34)cc2)CC1. The first-order chi connectivity index (χ1) is 19.1. The summed E-state index contributed by atoms with van der Waals surface area (Å²) in [5.41, 5.74) is 5.26. The molecule has 39 heavy (non-hydrogen) atoms. The van der Waals surface area contributed by atoms with Crippen molar-refractivity contribution in [3.8, 4) is 17.1 Å². The second kappa shape index (κ2) is 10.8. The number of hydrogen-bond acceptors (Lipinski definition) is 6. The standard InChI is InChI=1S/C30H32N6O3/c1-2-39-18-17-34-13-15-35(16-14-34)30(38)21-3-6-24(7-4-21)33-26-9-10-27(36-12-11-31-28(26)36)22-5-8-25-23(19-22)20-32-29(25)37/h3-12,19-20,32-33,37H,2,13-18H2,1H3. The van der Waals surface area contributed by atoms with Crippen LogP contribution in [0.3, 0.4) is 0 Å². The number of anilines is 2. The third kappa shape index (κ3) is 5.06. The molecule has 3 aromatic heterocycles. The third-order valence-electron chi connectivity index (χ3n) is 7.34. The van der Waals surface area contributed by atoms with Gasteiger partial charge in [0.1, 0.15) is 0 Å². The topological polar surface area (TPSA) is 98.1 Å². The van der Waals surface area contributed by atoms with Crippen molar-refractivity contribution in [1.82, 2.24) is 24.2 Å². The number of piperazine rings is 1. The Morgan fingerprint density at radius 2 is 1.90 bits per heavy atom. The van der Waals surface area contributed by atoms with Crippen LogP contribution < -0.4 is 5.32 Å². The lowest BCUT2D eigenvalue weighted by Crippen LogP contribution is -2.49. The monoisotopic (exact) mass is 524 g/mol. The molecule has 200 valence electrons. The number of nitrogens with zero attached hydrogens (tertiary/aromatic N) is 4. The molecule has 9 heteroatoms. The summed E-state index contributed by atoms with van der Waals surface area (Å²) in [4.78, 5) is 24.8. The van der Waals surface area contributed by atoms with Gasteiger partial charge in [-0.2, -0.15) is 0 Å². The quantitative estimate of drug-likeness (QED) is 0.254. The fraction of sp³-hybridized carbons (Fsp3) is 0.267. The number of imidazole rings is 1. The van der Waals surface area contributed by atoms with Crippen LogP contribution in [0, 0.1) is 0 Å². The highest BCUT2D eigenvalue weighted by Gasteiger charge is 2.22. The first kappa shape index (κ1) is 25.0. The molecule has 0 unspecified atom stereocenters. The van der Waals surface area contributed by atoms with Crippen LogP contribution in [0.4, 0.5) is 11.4 Å². The molecule has 6 rings (SSSR count). The lowest BCUT2D eigenvalue weighted by atomic mass is 10.1. The summed E-state index contributed by atoms with van der Waals surface area (Å²) in [7, 11) is 0. The molecule has 0 aliphatic carbocycles. The van der Waals surface area contributed by atoms with Crippen LogP contribution in [-0.2, 0) is 4.74 Å². The van der Waals surface area contributed by atoms with Gasteiger partial charge >= 0.3 is 0 Å². The Balaban J connectivity index is 1.14. The van der Waals surface area contributed by atoms with E-state index in [4.69, 9.17) is 4.74 Å². The molecule has 0 atom stereocenters. The number of carbonyl (C=O) groups is 1. The first-order valence-corrected chi connectivity index (χ1v) is 13.3. The zero-order valence-electron chi connectivity index (χ0n) is 21.9. The van der Waals surface area contributed by atoms with E-state index in [2.05, 4.69) is 26.3 Å². The molecule has 1 fully saturated rings. The number of ether oxygens (including phenoxy) is 1. The summed E-state index contributed by atoms with van der Waals surface area (Å²) in [6.07, 6.45) is 5.52. The largest absolute Gasteiger partial charge is 0.494 e. The van der Waals surface area contributed by atoms with Crippen molar-refractivity contribution in [2.24, 2.45) is 0 Å². The molecule has 0 bridgehead atoms. The van der Waals surface area contributed by atoms with Crippen LogP contribution in [0.15, 0.2) is 73.2 Å². The van der Waals surface area contributed by atoms with E-state index in [1.807, 2.05) is 71.0 Å². The molecule has 1 aliphatic heterocycles. The molecule has 0 spiro atoms. The van der Waals surface area contributed by atoms with Gasteiger partial charge in [-0.1, -0.05) is 6.07 Å². The molecule has 0 saturated carbocycles. The predicted octanol–water partition coefficient (Wildman–Crippen LogP) is 4.73. The number of pyridine rings is 1. The average Bonchev–Trinajstić information content (AvgIpc) is 3.61. The van der Waals surface area contributed by atoms with Crippen molar-refractivity contribution in [3.63, 3.8) is 0 Å². The number of H-pyrrole nitrogens is 1. The Morgan fingerprint density at radius 3 is 2.69 bits per heavy atom. The normalized spacial score (nSPS) is 14.3. The molecule has 0 radical (unpaired) electrons. The highest BCUT2D eigenvalue weighted by molar-refractivity contribution is 5.95. The summed E-state index contributed by atoms with van der Waals surface area (Å²) in [5.74, 6) is 0.242. The van der Waals surface area contributed by atoms with Gasteiger partial charge in [0.25, 0.3) is 5.91 Å². The molecule has 5 aromatic rings. The number of rotatable bonds is 8. The van der Waals surface area contributed by atoms with E-state index in [1.165, 1.54) is 0 Å². The van der Waals surface area contributed by atoms with Gasteiger partial charge < -0.3 is 25.0 Å². The Hall–Kier alpha value is -4.34. The van der Waals surface area contributed by atoms with Gasteiger partial charge in [0.05, 0.1) is 18.0 Å². The Kier molecular flexibility index (Phi) is 6.91. The van der Waals surface area contributed by atoms with E-state index >= 15 is 0 Å². The Labute approximate surface area is 226 Å². The summed E-state index contributed by atoms with van der Waals surface area (Å²) < 4.78 is 7.50. The highest BCUT2D eigenvalue weighted by atomic mass is 16.5. The minimum atomic E-state index is 0.0683. The van der Waals surface area contributed by atoms with Gasteiger partial charge in [-0.05, 0) is 61.0 Å². The lowest BCUT2D eigenvalue weighted by molar-refractivity contribution is 0.0565. The summed E-state index contributed by atoms with van der Waals surface area (Å²) >= 11 is 0. The first-order valence-electron chi connectivity index (χ1n) is 13.3. The van der Waals surface area contributed by atoms with Gasteiger partial charge in [0, 0.05) is 79.9 Å². The molecule has 3 N–H and O–H groups in total. The van der Waals surface area contributed by atoms with Gasteiger partial charge in [0.15, 0.2) is 11.5 Å². The molecule has 1 aliphatic rings. The number of aromatic hydroxyl groups is 1. The lowest BCUT2D eigenvalue weighted by Gasteiger charge is -2.34. The predicted molar refractivity (Wildman–Crippen MR) is 153 cm³/mol. The van der Waals surface area contributed by atoms with Crippen molar-refractivity contribution >= 4 is 33.7 Å². The number of aromatic nitrogens is 3. The van der Waals surface area contributed by atoms with Crippen molar-refractivity contribution in [1.29, 1.82) is 0 Å². The van der Waals surface area contributed by atoms with Crippen LogP contribution >= 0.6 is 0 Å². The van der Waals surface area contributed by atoms with Crippen LogP contribution in [0.5, 0.6) is 5.88 Å². The number of carbonyl (C=O) groups excluding carboxylic acids is 1. The minimum Gasteiger partial charge on any atom is -0.494 e. The van der Waals surface area contributed by atoms with Crippen molar-refractivity contribution in [2.45, 2.75) is 6.92 Å². The van der Waals surface area contributed by atoms with Crippen molar-refractivity contribution < 1.29 is 14.6 Å². The number of benzene rings is 2. The number of nitrogens with one attached hydrogen (secondary N) is 2. The van der Waals surface area contributed by atoms with Gasteiger partial charge in [0.2, 0.25) is 0 Å². The maximum Gasteiger partial charge on any atom is 0.253 e. The fourth-order valence-electron chi connectivity index (χ4n) is 5.17. The van der Waals surface area contributed by atoms with E-state index in [-0.39, 0.29) is 11.8 Å². The number of aromatic amines is 1. The van der Waals surface area contributed by atoms with E-state index in [0.717, 1.165) is 85.0 Å². The van der Waals surface area contributed by atoms with E-state index in [0.29, 0.717) is 5.56 Å². The fourth-order valence-corrected chi connectivity index (χ4v) is 5.17. The highest BCUT2D eigenvalue weighted by Crippen LogP contribution is 2.31. The second-order valence-electron chi connectivity index (χ2n) is 9.73. The average molecular weight is 525 g/mol. The third-order valence-corrected chi connectivity index (χ3v) is 7.34. The maximum atomic E-state index is 13.1. The summed E-state index contributed by atoms with van der Waals surface area (Å²) in [5, 5.41) is 15.1. The van der Waals surface area contributed by atoms with Crippen LogP contribution in [0.25, 0.3) is 27.7 Å². The molecule has 4 heterocycles. The molecule has 1 saturated heterocycles. The number of hydrogen-bond donors (Lipinski definition) is 3. The van der Waals surface area contributed by atoms with Crippen LogP contribution in [0.1, 0.15) is 17.3 Å². The number of fused-ring (bicyclic) bond motifs is 2. The van der Waals surface area contributed by atoms with Crippen LogP contribution in [-0.4, -0.2) is 81.1 Å². The smallest absolute Gasteiger partial charge is 0.253 e. The Morgan fingerprint density at radius 1 is 1.08 bits per heavy atom. The zero-order chi connectivity index (χ0) is 26.8. The van der Waals surface area contributed by atoms with Crippen molar-refractivity contribution in [3.05, 3.63) is 78.8 Å². The van der Waals surface area contributed by atoms with E-state index < -0.39 is 0 Å². The summed E-state index contributed by atoms with van der Waals surface area (Å²) in [6.45, 7) is 7.59. The molecular formula is C30H32N6O3. The van der Waals surface area contributed by atoms with Gasteiger partial charge in [-0.15, -0.1) is 0 Å². The molecule has 9 nitrogen and oxygen atoms in total. The maximum absolute atomic E-state index is 13.1. The van der Waals surface area contributed by atoms with E-state index in [9.17, 15) is 9.90 Å².